The predicted octanol–water partition coefficient (Wildman–Crippen LogP) is 1.99. The molecule has 1 aromatic rings. The molecule has 1 aliphatic heterocycles. The first-order valence-corrected chi connectivity index (χ1v) is 7.20. The Morgan fingerprint density at radius 1 is 1.50 bits per heavy atom. The van der Waals surface area contributed by atoms with Crippen molar-refractivity contribution in [3.05, 3.63) is 23.8 Å². The van der Waals surface area contributed by atoms with Crippen molar-refractivity contribution >= 4 is 23.4 Å². The molecule has 1 atom stereocenters. The number of rotatable bonds is 3. The molecule has 4 nitrogen and oxygen atoms in total. The van der Waals surface area contributed by atoms with Crippen molar-refractivity contribution in [2.75, 3.05) is 18.0 Å². The Hall–Kier alpha value is -1.36. The molecule has 1 aliphatic rings. The predicted molar refractivity (Wildman–Crippen MR) is 74.9 cm³/mol. The minimum absolute atomic E-state index is 0.133. The molecule has 1 fully saturated rings. The Labute approximate surface area is 111 Å². The average Bonchev–Trinajstić information content (AvgIpc) is 2.40. The van der Waals surface area contributed by atoms with E-state index in [-0.39, 0.29) is 22.9 Å². The van der Waals surface area contributed by atoms with Gasteiger partial charge in [-0.2, -0.15) is 11.8 Å². The van der Waals surface area contributed by atoms with Gasteiger partial charge in [0.1, 0.15) is 0 Å². The highest BCUT2D eigenvalue weighted by molar-refractivity contribution is 7.99. The Morgan fingerprint density at radius 3 is 3.06 bits per heavy atom. The normalized spacial score (nSPS) is 19.4. The third-order valence-corrected chi connectivity index (χ3v) is 4.47. The van der Waals surface area contributed by atoms with E-state index in [4.69, 9.17) is 5.73 Å². The zero-order valence-corrected chi connectivity index (χ0v) is 11.0. The van der Waals surface area contributed by atoms with Crippen molar-refractivity contribution < 1.29 is 9.90 Å². The van der Waals surface area contributed by atoms with Crippen LogP contribution in [0.5, 0.6) is 5.75 Å². The van der Waals surface area contributed by atoms with Crippen LogP contribution in [0.4, 0.5) is 5.69 Å². The second kappa shape index (κ2) is 6.00. The topological polar surface area (TPSA) is 75.4 Å². The Kier molecular flexibility index (Phi) is 4.36. The van der Waals surface area contributed by atoms with Crippen molar-refractivity contribution in [1.82, 2.24) is 5.32 Å². The fourth-order valence-electron chi connectivity index (χ4n) is 2.01. The number of phenols is 1. The van der Waals surface area contributed by atoms with E-state index in [1.807, 2.05) is 11.8 Å². The minimum Gasteiger partial charge on any atom is -0.505 e. The van der Waals surface area contributed by atoms with Crippen molar-refractivity contribution in [3.8, 4) is 5.75 Å². The van der Waals surface area contributed by atoms with Crippen LogP contribution in [-0.4, -0.2) is 28.6 Å². The molecule has 0 radical (unpaired) electrons. The van der Waals surface area contributed by atoms with Gasteiger partial charge in [0, 0.05) is 11.8 Å². The van der Waals surface area contributed by atoms with Crippen LogP contribution < -0.4 is 11.1 Å². The van der Waals surface area contributed by atoms with Crippen molar-refractivity contribution in [3.63, 3.8) is 0 Å². The third-order valence-electron chi connectivity index (χ3n) is 3.08. The van der Waals surface area contributed by atoms with E-state index in [0.29, 0.717) is 11.8 Å². The molecular weight excluding hydrogens is 248 g/mol. The SMILES string of the molecule is Nc1cccc(C(=O)NCC2CCCCS2)c1O. The van der Waals surface area contributed by atoms with E-state index in [9.17, 15) is 9.90 Å². The molecule has 18 heavy (non-hydrogen) atoms. The maximum atomic E-state index is 11.9. The number of nitrogen functional groups attached to an aromatic ring is 1. The van der Waals surface area contributed by atoms with Gasteiger partial charge in [-0.05, 0) is 30.7 Å². The van der Waals surface area contributed by atoms with Crippen molar-refractivity contribution in [2.24, 2.45) is 0 Å². The summed E-state index contributed by atoms with van der Waals surface area (Å²) in [7, 11) is 0. The van der Waals surface area contributed by atoms with Gasteiger partial charge in [-0.15, -0.1) is 0 Å². The second-order valence-electron chi connectivity index (χ2n) is 4.44. The number of para-hydroxylation sites is 1. The fraction of sp³-hybridized carbons (Fsp3) is 0.462. The highest BCUT2D eigenvalue weighted by atomic mass is 32.2. The summed E-state index contributed by atoms with van der Waals surface area (Å²) >= 11 is 1.91. The lowest BCUT2D eigenvalue weighted by molar-refractivity contribution is 0.0951. The molecule has 0 spiro atoms. The molecule has 1 unspecified atom stereocenters. The summed E-state index contributed by atoms with van der Waals surface area (Å²) in [5, 5.41) is 13.1. The number of nitrogens with two attached hydrogens (primary N) is 1. The van der Waals surface area contributed by atoms with Gasteiger partial charge in [0.25, 0.3) is 5.91 Å². The summed E-state index contributed by atoms with van der Waals surface area (Å²) in [5.41, 5.74) is 6.04. The largest absolute Gasteiger partial charge is 0.505 e. The van der Waals surface area contributed by atoms with Gasteiger partial charge >= 0.3 is 0 Å². The van der Waals surface area contributed by atoms with E-state index in [1.165, 1.54) is 18.6 Å². The van der Waals surface area contributed by atoms with Crippen LogP contribution in [0, 0.1) is 0 Å². The number of anilines is 1. The first-order valence-electron chi connectivity index (χ1n) is 6.15. The van der Waals surface area contributed by atoms with Crippen molar-refractivity contribution in [2.45, 2.75) is 24.5 Å². The fourth-order valence-corrected chi connectivity index (χ4v) is 3.25. The van der Waals surface area contributed by atoms with Crippen LogP contribution in [-0.2, 0) is 0 Å². The summed E-state index contributed by atoms with van der Waals surface area (Å²) in [6.07, 6.45) is 3.65. The number of benzene rings is 1. The van der Waals surface area contributed by atoms with Gasteiger partial charge in [-0.3, -0.25) is 4.79 Å². The van der Waals surface area contributed by atoms with Gasteiger partial charge in [0.2, 0.25) is 0 Å². The molecule has 98 valence electrons. The molecule has 2 rings (SSSR count). The molecule has 4 N–H and O–H groups in total. The molecular formula is C13H18N2O2S. The van der Waals surface area contributed by atoms with Crippen molar-refractivity contribution in [1.29, 1.82) is 0 Å². The van der Waals surface area contributed by atoms with Crippen LogP contribution in [0.15, 0.2) is 18.2 Å². The number of amides is 1. The number of nitrogens with one attached hydrogen (secondary N) is 1. The lowest BCUT2D eigenvalue weighted by Crippen LogP contribution is -2.32. The van der Waals surface area contributed by atoms with Crippen LogP contribution in [0.1, 0.15) is 29.6 Å². The van der Waals surface area contributed by atoms with Crippen LogP contribution >= 0.6 is 11.8 Å². The van der Waals surface area contributed by atoms with Crippen LogP contribution in [0.3, 0.4) is 0 Å². The van der Waals surface area contributed by atoms with Crippen LogP contribution in [0.25, 0.3) is 0 Å². The maximum absolute atomic E-state index is 11.9. The van der Waals surface area contributed by atoms with E-state index in [0.717, 1.165) is 6.42 Å². The van der Waals surface area contributed by atoms with E-state index in [1.54, 1.807) is 18.2 Å². The summed E-state index contributed by atoms with van der Waals surface area (Å²) in [6.45, 7) is 0.651. The number of carbonyl (C=O) groups excluding carboxylic acids is 1. The summed E-state index contributed by atoms with van der Waals surface area (Å²) < 4.78 is 0. The highest BCUT2D eigenvalue weighted by Crippen LogP contribution is 2.26. The lowest BCUT2D eigenvalue weighted by Gasteiger charge is -2.21. The second-order valence-corrected chi connectivity index (χ2v) is 5.85. The Morgan fingerprint density at radius 2 is 2.33 bits per heavy atom. The van der Waals surface area contributed by atoms with Gasteiger partial charge in [-0.1, -0.05) is 12.5 Å². The van der Waals surface area contributed by atoms with E-state index in [2.05, 4.69) is 5.32 Å². The minimum atomic E-state index is -0.258. The number of thioether (sulfide) groups is 1. The Bertz CT molecular complexity index is 431. The molecule has 0 aliphatic carbocycles. The molecule has 0 aromatic heterocycles. The van der Waals surface area contributed by atoms with E-state index < -0.39 is 0 Å². The van der Waals surface area contributed by atoms with Gasteiger partial charge in [0.15, 0.2) is 5.75 Å². The zero-order chi connectivity index (χ0) is 13.0. The average molecular weight is 266 g/mol. The third kappa shape index (κ3) is 3.10. The monoisotopic (exact) mass is 266 g/mol. The van der Waals surface area contributed by atoms with E-state index >= 15 is 0 Å². The Balaban J connectivity index is 1.93. The molecule has 1 saturated heterocycles. The zero-order valence-electron chi connectivity index (χ0n) is 10.2. The number of aromatic hydroxyl groups is 1. The van der Waals surface area contributed by atoms with Gasteiger partial charge in [-0.25, -0.2) is 0 Å². The molecule has 0 saturated carbocycles. The highest BCUT2D eigenvalue weighted by Gasteiger charge is 2.17. The molecule has 5 heteroatoms. The number of hydrogen-bond donors (Lipinski definition) is 3. The summed E-state index contributed by atoms with van der Waals surface area (Å²) in [4.78, 5) is 11.9. The molecule has 1 aromatic carbocycles. The molecule has 0 bridgehead atoms. The smallest absolute Gasteiger partial charge is 0.255 e. The van der Waals surface area contributed by atoms with Gasteiger partial charge < -0.3 is 16.2 Å². The standard InChI is InChI=1S/C13H18N2O2S/c14-11-6-3-5-10(12(11)16)13(17)15-8-9-4-1-2-7-18-9/h3,5-6,9,16H,1-2,4,7-8,14H2,(H,15,17). The number of phenolic OH excluding ortho intramolecular Hbond substituents is 1. The summed E-state index contributed by atoms with van der Waals surface area (Å²) in [6, 6.07) is 4.82. The number of carbonyl (C=O) groups is 1. The molecule has 1 amide bonds. The first kappa shape index (κ1) is 13.1. The quantitative estimate of drug-likeness (QED) is 0.577. The maximum Gasteiger partial charge on any atom is 0.255 e. The van der Waals surface area contributed by atoms with Gasteiger partial charge in [0.05, 0.1) is 11.3 Å². The number of hydrogen-bond acceptors (Lipinski definition) is 4. The lowest BCUT2D eigenvalue weighted by atomic mass is 10.1. The molecule has 1 heterocycles. The first-order chi connectivity index (χ1) is 8.68. The van der Waals surface area contributed by atoms with Crippen LogP contribution in [0.2, 0.25) is 0 Å². The summed E-state index contributed by atoms with van der Waals surface area (Å²) in [5.74, 6) is 0.779.